The summed E-state index contributed by atoms with van der Waals surface area (Å²) in [6, 6.07) is 16.7. The molecular weight excluding hydrogens is 420 g/mol. The summed E-state index contributed by atoms with van der Waals surface area (Å²) in [6.45, 7) is 7.19. The number of allylic oxidation sites excluding steroid dienone is 1. The van der Waals surface area contributed by atoms with E-state index in [0.717, 1.165) is 5.56 Å². The van der Waals surface area contributed by atoms with Crippen LogP contribution in [0.3, 0.4) is 0 Å². The second kappa shape index (κ2) is 10.8. The van der Waals surface area contributed by atoms with Gasteiger partial charge in [0, 0.05) is 24.1 Å². The monoisotopic (exact) mass is 450 g/mol. The number of carbonyl (C=O) groups is 3. The van der Waals surface area contributed by atoms with Crippen LogP contribution in [0, 0.1) is 0 Å². The van der Waals surface area contributed by atoms with E-state index in [0.29, 0.717) is 22.8 Å². The number of amides is 2. The molecule has 1 N–H and O–H groups in total. The second-order valence-corrected chi connectivity index (χ2v) is 8.17. The van der Waals surface area contributed by atoms with Gasteiger partial charge in [0.1, 0.15) is 18.0 Å². The van der Waals surface area contributed by atoms with E-state index in [1.165, 1.54) is 4.90 Å². The summed E-state index contributed by atoms with van der Waals surface area (Å²) in [5.41, 5.74) is 1.58. The van der Waals surface area contributed by atoms with Gasteiger partial charge in [0.2, 0.25) is 11.8 Å². The van der Waals surface area contributed by atoms with Crippen LogP contribution in [0.4, 0.5) is 0 Å². The van der Waals surface area contributed by atoms with Crippen LogP contribution in [0.25, 0.3) is 0 Å². The molecule has 1 unspecified atom stereocenters. The van der Waals surface area contributed by atoms with Crippen LogP contribution in [0.15, 0.2) is 65.9 Å². The highest BCUT2D eigenvalue weighted by Gasteiger charge is 2.37. The van der Waals surface area contributed by atoms with Crippen molar-refractivity contribution < 1.29 is 23.9 Å². The van der Waals surface area contributed by atoms with Crippen molar-refractivity contribution in [1.29, 1.82) is 0 Å². The second-order valence-electron chi connectivity index (χ2n) is 8.17. The maximum absolute atomic E-state index is 13.0. The molecule has 1 atom stereocenters. The Morgan fingerprint density at radius 2 is 1.79 bits per heavy atom. The molecule has 0 bridgehead atoms. The Morgan fingerprint density at radius 1 is 1.09 bits per heavy atom. The maximum Gasteiger partial charge on any atom is 0.336 e. The smallest absolute Gasteiger partial charge is 0.336 e. The molecule has 0 saturated carbocycles. The third-order valence-electron chi connectivity index (χ3n) is 5.31. The molecule has 7 heteroatoms. The molecule has 2 aromatic carbocycles. The molecule has 1 aliphatic heterocycles. The quantitative estimate of drug-likeness (QED) is 0.611. The van der Waals surface area contributed by atoms with Gasteiger partial charge < -0.3 is 19.7 Å². The van der Waals surface area contributed by atoms with E-state index in [1.807, 2.05) is 68.4 Å². The van der Waals surface area contributed by atoms with Crippen molar-refractivity contribution >= 4 is 17.8 Å². The lowest BCUT2D eigenvalue weighted by molar-refractivity contribution is -0.141. The maximum atomic E-state index is 13.0. The van der Waals surface area contributed by atoms with Crippen LogP contribution in [0.2, 0.25) is 0 Å². The predicted molar refractivity (Wildman–Crippen MR) is 125 cm³/mol. The topological polar surface area (TPSA) is 84.9 Å². The summed E-state index contributed by atoms with van der Waals surface area (Å²) >= 11 is 0. The van der Waals surface area contributed by atoms with E-state index >= 15 is 0 Å². The number of rotatable bonds is 8. The van der Waals surface area contributed by atoms with Crippen LogP contribution >= 0.6 is 0 Å². The Labute approximate surface area is 194 Å². The van der Waals surface area contributed by atoms with Gasteiger partial charge in [-0.05, 0) is 57.5 Å². The van der Waals surface area contributed by atoms with Crippen molar-refractivity contribution in [3.8, 4) is 11.5 Å². The lowest BCUT2D eigenvalue weighted by atomic mass is 9.83. The molecule has 0 fully saturated rings. The highest BCUT2D eigenvalue weighted by Crippen LogP contribution is 2.38. The summed E-state index contributed by atoms with van der Waals surface area (Å²) in [7, 11) is 0. The number of nitrogens with one attached hydrogen (secondary N) is 1. The fourth-order valence-corrected chi connectivity index (χ4v) is 3.89. The summed E-state index contributed by atoms with van der Waals surface area (Å²) in [5, 5.41) is 2.79. The normalized spacial score (nSPS) is 16.1. The van der Waals surface area contributed by atoms with Gasteiger partial charge in [-0.25, -0.2) is 4.79 Å². The lowest BCUT2D eigenvalue weighted by Crippen LogP contribution is -2.45. The fraction of sp³-hybridized carbons (Fsp3) is 0.346. The first-order chi connectivity index (χ1) is 15.8. The minimum Gasteiger partial charge on any atom is -0.463 e. The first-order valence-electron chi connectivity index (χ1n) is 11.1. The largest absolute Gasteiger partial charge is 0.463 e. The number of hydrogen-bond acceptors (Lipinski definition) is 5. The minimum atomic E-state index is -0.500. The summed E-state index contributed by atoms with van der Waals surface area (Å²) in [4.78, 5) is 39.7. The standard InChI is InChI=1S/C26H30N2O5/c1-5-32-26(31)25-18(4)28(16-23(29)27-17(2)3)24(30)15-22(25)19-10-9-13-21(14-19)33-20-11-7-6-8-12-20/h6-14,17,22H,5,15-16H2,1-4H3,(H,27,29). The number of esters is 1. The first kappa shape index (κ1) is 24.0. The number of carbonyl (C=O) groups excluding carboxylic acids is 3. The number of para-hydroxylation sites is 1. The Balaban J connectivity index is 1.95. The molecule has 1 heterocycles. The molecule has 33 heavy (non-hydrogen) atoms. The van der Waals surface area contributed by atoms with E-state index in [-0.39, 0.29) is 37.4 Å². The first-order valence-corrected chi connectivity index (χ1v) is 11.1. The van der Waals surface area contributed by atoms with Gasteiger partial charge in [-0.2, -0.15) is 0 Å². The Hall–Kier alpha value is -3.61. The number of ether oxygens (including phenoxy) is 2. The molecule has 0 radical (unpaired) electrons. The molecule has 0 aromatic heterocycles. The summed E-state index contributed by atoms with van der Waals surface area (Å²) < 4.78 is 11.3. The molecule has 2 aromatic rings. The average molecular weight is 451 g/mol. The zero-order valence-electron chi connectivity index (χ0n) is 19.5. The highest BCUT2D eigenvalue weighted by atomic mass is 16.5. The van der Waals surface area contributed by atoms with Crippen molar-refractivity contribution in [2.45, 2.75) is 46.1 Å². The fourth-order valence-electron chi connectivity index (χ4n) is 3.89. The van der Waals surface area contributed by atoms with E-state index in [4.69, 9.17) is 9.47 Å². The average Bonchev–Trinajstić information content (AvgIpc) is 2.76. The Morgan fingerprint density at radius 3 is 2.45 bits per heavy atom. The highest BCUT2D eigenvalue weighted by molar-refractivity contribution is 5.97. The van der Waals surface area contributed by atoms with Crippen molar-refractivity contribution in [2.75, 3.05) is 13.2 Å². The van der Waals surface area contributed by atoms with Crippen LogP contribution in [0.5, 0.6) is 11.5 Å². The predicted octanol–water partition coefficient (Wildman–Crippen LogP) is 4.16. The third-order valence-corrected chi connectivity index (χ3v) is 5.31. The van der Waals surface area contributed by atoms with Gasteiger partial charge in [0.25, 0.3) is 0 Å². The van der Waals surface area contributed by atoms with Crippen LogP contribution in [-0.4, -0.2) is 41.9 Å². The van der Waals surface area contributed by atoms with Gasteiger partial charge in [-0.15, -0.1) is 0 Å². The minimum absolute atomic E-state index is 0.0497. The zero-order valence-corrected chi connectivity index (χ0v) is 19.5. The Kier molecular flexibility index (Phi) is 7.87. The van der Waals surface area contributed by atoms with Crippen LogP contribution in [0.1, 0.15) is 45.6 Å². The molecule has 0 spiro atoms. The van der Waals surface area contributed by atoms with E-state index in [9.17, 15) is 14.4 Å². The van der Waals surface area contributed by atoms with E-state index in [2.05, 4.69) is 5.32 Å². The zero-order chi connectivity index (χ0) is 24.0. The van der Waals surface area contributed by atoms with Crippen LogP contribution in [-0.2, 0) is 19.1 Å². The molecule has 7 nitrogen and oxygen atoms in total. The Bertz CT molecular complexity index is 1050. The van der Waals surface area contributed by atoms with Gasteiger partial charge in [0.05, 0.1) is 12.2 Å². The van der Waals surface area contributed by atoms with Gasteiger partial charge in [-0.1, -0.05) is 30.3 Å². The molecule has 1 aliphatic rings. The van der Waals surface area contributed by atoms with E-state index < -0.39 is 11.9 Å². The van der Waals surface area contributed by atoms with Crippen molar-refractivity contribution in [2.24, 2.45) is 0 Å². The van der Waals surface area contributed by atoms with Gasteiger partial charge >= 0.3 is 5.97 Å². The van der Waals surface area contributed by atoms with E-state index in [1.54, 1.807) is 13.8 Å². The van der Waals surface area contributed by atoms with Crippen LogP contribution < -0.4 is 10.1 Å². The SMILES string of the molecule is CCOC(=O)C1=C(C)N(CC(=O)NC(C)C)C(=O)CC1c1cccc(Oc2ccccc2)c1. The number of hydrogen-bond donors (Lipinski definition) is 1. The van der Waals surface area contributed by atoms with Crippen molar-refractivity contribution in [3.63, 3.8) is 0 Å². The van der Waals surface area contributed by atoms with Crippen molar-refractivity contribution in [3.05, 3.63) is 71.4 Å². The molecule has 3 rings (SSSR count). The van der Waals surface area contributed by atoms with Gasteiger partial charge in [-0.3, -0.25) is 9.59 Å². The number of nitrogens with zero attached hydrogens (tertiary/aromatic N) is 1. The molecule has 0 aliphatic carbocycles. The van der Waals surface area contributed by atoms with Gasteiger partial charge in [0.15, 0.2) is 0 Å². The van der Waals surface area contributed by atoms with Crippen molar-refractivity contribution in [1.82, 2.24) is 10.2 Å². The number of benzene rings is 2. The summed E-state index contributed by atoms with van der Waals surface area (Å²) in [5.74, 6) is -0.201. The molecule has 0 saturated heterocycles. The molecule has 2 amide bonds. The summed E-state index contributed by atoms with van der Waals surface area (Å²) in [6.07, 6.45) is 0.0508. The lowest BCUT2D eigenvalue weighted by Gasteiger charge is -2.34. The molecule has 174 valence electrons. The third kappa shape index (κ3) is 6.00. The molecular formula is C26H30N2O5.